The molecular formula is C12H20. The molecule has 0 atom stereocenters. The van der Waals surface area contributed by atoms with Gasteiger partial charge in [-0.05, 0) is 18.3 Å². The van der Waals surface area contributed by atoms with E-state index in [1.54, 1.807) is 0 Å². The fourth-order valence-electron chi connectivity index (χ4n) is 2.11. The van der Waals surface area contributed by atoms with Crippen LogP contribution in [0.3, 0.4) is 0 Å². The lowest BCUT2D eigenvalue weighted by atomic mass is 9.67. The van der Waals surface area contributed by atoms with Gasteiger partial charge in [0.2, 0.25) is 0 Å². The summed E-state index contributed by atoms with van der Waals surface area (Å²) in [6.45, 7) is 9.22. The van der Waals surface area contributed by atoms with Crippen molar-refractivity contribution in [3.05, 3.63) is 24.3 Å². The highest BCUT2D eigenvalue weighted by Gasteiger charge is 2.32. The van der Waals surface area contributed by atoms with Gasteiger partial charge in [-0.1, -0.05) is 52.0 Å². The first kappa shape index (κ1) is 9.57. The summed E-state index contributed by atoms with van der Waals surface area (Å²) in [6, 6.07) is 0. The van der Waals surface area contributed by atoms with E-state index in [9.17, 15) is 0 Å². The number of hydrogen-bond acceptors (Lipinski definition) is 0. The van der Waals surface area contributed by atoms with E-state index in [1.807, 2.05) is 0 Å². The van der Waals surface area contributed by atoms with Gasteiger partial charge in [-0.15, -0.1) is 0 Å². The highest BCUT2D eigenvalue weighted by molar-refractivity contribution is 5.19. The van der Waals surface area contributed by atoms with Crippen molar-refractivity contribution in [3.8, 4) is 0 Å². The first-order valence-electron chi connectivity index (χ1n) is 4.95. The molecule has 0 aromatic carbocycles. The Morgan fingerprint density at radius 1 is 0.917 bits per heavy atom. The first-order chi connectivity index (χ1) is 5.59. The van der Waals surface area contributed by atoms with E-state index in [0.29, 0.717) is 17.3 Å². The topological polar surface area (TPSA) is 0 Å². The molecule has 68 valence electrons. The maximum Gasteiger partial charge on any atom is 0.0107 e. The predicted molar refractivity (Wildman–Crippen MR) is 55.0 cm³/mol. The Hall–Kier alpha value is -0.520. The zero-order chi connectivity index (χ0) is 9.19. The molecule has 0 unspecified atom stereocenters. The molecule has 0 saturated carbocycles. The van der Waals surface area contributed by atoms with Crippen molar-refractivity contribution in [1.29, 1.82) is 0 Å². The van der Waals surface area contributed by atoms with Gasteiger partial charge in [0.1, 0.15) is 0 Å². The predicted octanol–water partition coefficient (Wildman–Crippen LogP) is 3.80. The summed E-state index contributed by atoms with van der Waals surface area (Å²) < 4.78 is 0. The van der Waals surface area contributed by atoms with Crippen LogP contribution in [0.5, 0.6) is 0 Å². The van der Waals surface area contributed by atoms with Crippen LogP contribution in [-0.4, -0.2) is 0 Å². The summed E-state index contributed by atoms with van der Waals surface area (Å²) in [7, 11) is 0. The second-order valence-corrected chi connectivity index (χ2v) is 4.35. The van der Waals surface area contributed by atoms with Crippen LogP contribution in [0.2, 0.25) is 0 Å². The lowest BCUT2D eigenvalue weighted by Gasteiger charge is -2.37. The van der Waals surface area contributed by atoms with Crippen LogP contribution in [0.1, 0.15) is 34.1 Å². The van der Waals surface area contributed by atoms with E-state index in [2.05, 4.69) is 52.0 Å². The molecule has 0 heteroatoms. The quantitative estimate of drug-likeness (QED) is 0.544. The summed E-state index contributed by atoms with van der Waals surface area (Å²) >= 11 is 0. The van der Waals surface area contributed by atoms with Crippen LogP contribution >= 0.6 is 0 Å². The highest BCUT2D eigenvalue weighted by atomic mass is 14.4. The van der Waals surface area contributed by atoms with Gasteiger partial charge in [-0.25, -0.2) is 0 Å². The molecule has 1 rings (SSSR count). The molecule has 0 nitrogen and oxygen atoms in total. The largest absolute Gasteiger partial charge is 0.0839 e. The second-order valence-electron chi connectivity index (χ2n) is 4.35. The summed E-state index contributed by atoms with van der Waals surface area (Å²) in [4.78, 5) is 0. The van der Waals surface area contributed by atoms with Crippen molar-refractivity contribution in [1.82, 2.24) is 0 Å². The van der Waals surface area contributed by atoms with E-state index >= 15 is 0 Å². The molecule has 0 amide bonds. The van der Waals surface area contributed by atoms with Crippen molar-refractivity contribution in [3.63, 3.8) is 0 Å². The van der Waals surface area contributed by atoms with Gasteiger partial charge >= 0.3 is 0 Å². The van der Waals surface area contributed by atoms with E-state index in [-0.39, 0.29) is 0 Å². The molecule has 0 aliphatic heterocycles. The molecule has 0 heterocycles. The molecule has 0 aromatic rings. The summed E-state index contributed by atoms with van der Waals surface area (Å²) in [6.07, 6.45) is 10.5. The molecule has 0 radical (unpaired) electrons. The van der Waals surface area contributed by atoms with Crippen molar-refractivity contribution in [2.24, 2.45) is 17.3 Å². The minimum Gasteiger partial charge on any atom is -0.0839 e. The molecule has 0 N–H and O–H groups in total. The Morgan fingerprint density at radius 2 is 1.33 bits per heavy atom. The van der Waals surface area contributed by atoms with E-state index < -0.39 is 0 Å². The van der Waals surface area contributed by atoms with Crippen molar-refractivity contribution in [2.45, 2.75) is 34.1 Å². The lowest BCUT2D eigenvalue weighted by molar-refractivity contribution is 0.246. The Balaban J connectivity index is 2.93. The fraction of sp³-hybridized carbons (Fsp3) is 0.667. The van der Waals surface area contributed by atoms with Crippen LogP contribution in [0.4, 0.5) is 0 Å². The molecule has 1 aliphatic rings. The van der Waals surface area contributed by atoms with Crippen molar-refractivity contribution in [2.75, 3.05) is 0 Å². The summed E-state index contributed by atoms with van der Waals surface area (Å²) in [5.41, 5.74) is 0.318. The van der Waals surface area contributed by atoms with Crippen LogP contribution < -0.4 is 0 Å². The third-order valence-electron chi connectivity index (χ3n) is 3.09. The van der Waals surface area contributed by atoms with Gasteiger partial charge < -0.3 is 0 Å². The van der Waals surface area contributed by atoms with Crippen LogP contribution in [0, 0.1) is 17.3 Å². The molecule has 0 fully saturated rings. The van der Waals surface area contributed by atoms with Crippen LogP contribution in [0.25, 0.3) is 0 Å². The minimum atomic E-state index is 0.318. The van der Waals surface area contributed by atoms with E-state index in [0.717, 1.165) is 6.42 Å². The standard InChI is InChI=1S/C12H20/c1-10(2)12(11(3)4)8-6-5-7-9-12/h6-11H,5H2,1-4H3. The molecule has 0 saturated heterocycles. The van der Waals surface area contributed by atoms with Crippen molar-refractivity contribution >= 4 is 0 Å². The average molecular weight is 164 g/mol. The van der Waals surface area contributed by atoms with Crippen molar-refractivity contribution < 1.29 is 0 Å². The second kappa shape index (κ2) is 3.47. The number of hydrogen-bond donors (Lipinski definition) is 0. The zero-order valence-corrected chi connectivity index (χ0v) is 8.67. The monoisotopic (exact) mass is 164 g/mol. The van der Waals surface area contributed by atoms with Gasteiger partial charge in [-0.2, -0.15) is 0 Å². The Kier molecular flexibility index (Phi) is 2.76. The maximum atomic E-state index is 2.39. The Bertz CT molecular complexity index is 172. The molecular weight excluding hydrogens is 144 g/mol. The third kappa shape index (κ3) is 1.48. The first-order valence-corrected chi connectivity index (χ1v) is 4.95. The molecule has 12 heavy (non-hydrogen) atoms. The average Bonchev–Trinajstić information content (AvgIpc) is 2.05. The zero-order valence-electron chi connectivity index (χ0n) is 8.67. The molecule has 0 bridgehead atoms. The maximum absolute atomic E-state index is 2.39. The van der Waals surface area contributed by atoms with E-state index in [1.165, 1.54) is 0 Å². The molecule has 1 aliphatic carbocycles. The highest BCUT2D eigenvalue weighted by Crippen LogP contribution is 2.40. The van der Waals surface area contributed by atoms with Gasteiger partial charge in [0.05, 0.1) is 0 Å². The van der Waals surface area contributed by atoms with Gasteiger partial charge in [0.25, 0.3) is 0 Å². The van der Waals surface area contributed by atoms with Crippen LogP contribution in [0.15, 0.2) is 24.3 Å². The lowest BCUT2D eigenvalue weighted by Crippen LogP contribution is -2.29. The van der Waals surface area contributed by atoms with Crippen LogP contribution in [-0.2, 0) is 0 Å². The number of rotatable bonds is 2. The van der Waals surface area contributed by atoms with Gasteiger partial charge in [-0.3, -0.25) is 0 Å². The SMILES string of the molecule is CC(C)C1(C(C)C)C=CCC=C1. The molecule has 0 aromatic heterocycles. The molecule has 0 spiro atoms. The summed E-state index contributed by atoms with van der Waals surface area (Å²) in [5, 5.41) is 0. The fourth-order valence-corrected chi connectivity index (χ4v) is 2.11. The van der Waals surface area contributed by atoms with E-state index in [4.69, 9.17) is 0 Å². The number of allylic oxidation sites excluding steroid dienone is 4. The Labute approximate surface area is 76.4 Å². The van der Waals surface area contributed by atoms with Gasteiger partial charge in [0.15, 0.2) is 0 Å². The smallest absolute Gasteiger partial charge is 0.0107 e. The van der Waals surface area contributed by atoms with Gasteiger partial charge in [0, 0.05) is 5.41 Å². The minimum absolute atomic E-state index is 0.318. The summed E-state index contributed by atoms with van der Waals surface area (Å²) in [5.74, 6) is 1.40. The Morgan fingerprint density at radius 3 is 1.58 bits per heavy atom. The normalized spacial score (nSPS) is 20.8. The third-order valence-corrected chi connectivity index (χ3v) is 3.09.